The summed E-state index contributed by atoms with van der Waals surface area (Å²) in [7, 11) is 0. The summed E-state index contributed by atoms with van der Waals surface area (Å²) >= 11 is 0. The second-order valence-electron chi connectivity index (χ2n) is 10.5. The Labute approximate surface area is 205 Å². The molecular formula is C28H44N2O4. The summed E-state index contributed by atoms with van der Waals surface area (Å²) in [6.45, 7) is 10.4. The second-order valence-corrected chi connectivity index (χ2v) is 10.5. The Morgan fingerprint density at radius 1 is 1.21 bits per heavy atom. The van der Waals surface area contributed by atoms with Gasteiger partial charge in [0.15, 0.2) is 0 Å². The summed E-state index contributed by atoms with van der Waals surface area (Å²) in [6.07, 6.45) is 8.17. The Morgan fingerprint density at radius 2 is 1.97 bits per heavy atom. The Morgan fingerprint density at radius 3 is 2.65 bits per heavy atom. The van der Waals surface area contributed by atoms with Gasteiger partial charge in [0.25, 0.3) is 0 Å². The van der Waals surface area contributed by atoms with Gasteiger partial charge in [0.1, 0.15) is 5.75 Å². The van der Waals surface area contributed by atoms with Crippen LogP contribution >= 0.6 is 0 Å². The maximum atomic E-state index is 13.2. The van der Waals surface area contributed by atoms with Crippen LogP contribution in [-0.4, -0.2) is 65.6 Å². The van der Waals surface area contributed by atoms with Gasteiger partial charge in [0, 0.05) is 38.5 Å². The fraction of sp³-hybridized carbons (Fsp3) is 0.714. The molecule has 6 heteroatoms. The first-order valence-corrected chi connectivity index (χ1v) is 13.3. The van der Waals surface area contributed by atoms with Crippen LogP contribution < -0.4 is 0 Å². The van der Waals surface area contributed by atoms with Crippen molar-refractivity contribution < 1.29 is 19.4 Å². The van der Waals surface area contributed by atoms with Crippen LogP contribution in [0.2, 0.25) is 0 Å². The topological polar surface area (TPSA) is 70.1 Å². The van der Waals surface area contributed by atoms with Crippen LogP contribution in [0.15, 0.2) is 24.3 Å². The number of phenols is 1. The number of rotatable bonds is 10. The molecule has 2 aliphatic rings. The molecule has 6 nitrogen and oxygen atoms in total. The molecule has 2 fully saturated rings. The van der Waals surface area contributed by atoms with Gasteiger partial charge in [-0.1, -0.05) is 45.2 Å². The molecular weight excluding hydrogens is 428 g/mol. The lowest BCUT2D eigenvalue weighted by Gasteiger charge is -2.46. The highest BCUT2D eigenvalue weighted by Gasteiger charge is 2.38. The molecule has 0 spiro atoms. The summed E-state index contributed by atoms with van der Waals surface area (Å²) in [6, 6.07) is 8.04. The Kier molecular flexibility index (Phi) is 9.81. The molecule has 1 aromatic rings. The van der Waals surface area contributed by atoms with Gasteiger partial charge in [-0.25, -0.2) is 0 Å². The molecule has 1 aromatic carbocycles. The lowest BCUT2D eigenvalue weighted by Crippen LogP contribution is -2.51. The molecule has 3 rings (SSSR count). The summed E-state index contributed by atoms with van der Waals surface area (Å²) < 4.78 is 5.01. The molecule has 0 radical (unpaired) electrons. The number of benzene rings is 1. The van der Waals surface area contributed by atoms with Gasteiger partial charge < -0.3 is 19.6 Å². The van der Waals surface area contributed by atoms with Crippen molar-refractivity contribution in [1.29, 1.82) is 0 Å². The Bertz CT molecular complexity index is 807. The molecule has 1 aliphatic heterocycles. The quantitative estimate of drug-likeness (QED) is 0.491. The smallest absolute Gasteiger partial charge is 0.305 e. The van der Waals surface area contributed by atoms with Crippen LogP contribution in [0, 0.1) is 5.92 Å². The van der Waals surface area contributed by atoms with Crippen LogP contribution in [0.25, 0.3) is 0 Å². The van der Waals surface area contributed by atoms with Gasteiger partial charge in [-0.2, -0.15) is 0 Å². The third-order valence-corrected chi connectivity index (χ3v) is 8.14. The molecule has 1 N–H and O–H groups in total. The van der Waals surface area contributed by atoms with Gasteiger partial charge in [0.2, 0.25) is 5.91 Å². The van der Waals surface area contributed by atoms with E-state index in [-0.39, 0.29) is 17.3 Å². The number of hydrogen-bond acceptors (Lipinski definition) is 5. The van der Waals surface area contributed by atoms with E-state index in [9.17, 15) is 14.7 Å². The largest absolute Gasteiger partial charge is 0.508 e. The normalized spacial score (nSPS) is 24.0. The minimum Gasteiger partial charge on any atom is -0.508 e. The molecule has 1 aliphatic carbocycles. The number of likely N-dealkylation sites (tertiary alicyclic amines) is 1. The number of carbonyl (C=O) groups excluding carboxylic acids is 2. The molecule has 0 unspecified atom stereocenters. The number of piperidine rings is 1. The number of carbonyl (C=O) groups is 2. The predicted molar refractivity (Wildman–Crippen MR) is 135 cm³/mol. The molecule has 34 heavy (non-hydrogen) atoms. The Hall–Kier alpha value is -2.08. The molecule has 1 heterocycles. The summed E-state index contributed by atoms with van der Waals surface area (Å²) in [5.41, 5.74) is 1.25. The van der Waals surface area contributed by atoms with Crippen LogP contribution in [0.4, 0.5) is 0 Å². The molecule has 190 valence electrons. The fourth-order valence-electron chi connectivity index (χ4n) is 5.72. The number of aromatic hydroxyl groups is 1. The minimum atomic E-state index is -0.211. The first-order valence-electron chi connectivity index (χ1n) is 13.3. The van der Waals surface area contributed by atoms with Crippen LogP contribution in [-0.2, 0) is 19.7 Å². The molecule has 0 bridgehead atoms. The Balaban J connectivity index is 1.56. The molecule has 1 amide bonds. The number of esters is 1. The second kappa shape index (κ2) is 12.6. The zero-order valence-corrected chi connectivity index (χ0v) is 21.4. The van der Waals surface area contributed by atoms with Gasteiger partial charge in [-0.05, 0) is 68.2 Å². The average Bonchev–Trinajstić information content (AvgIpc) is 2.82. The number of phenolic OH excluding ortho intramolecular Hbond substituents is 1. The maximum Gasteiger partial charge on any atom is 0.305 e. The van der Waals surface area contributed by atoms with Crippen LogP contribution in [0.1, 0.15) is 84.1 Å². The minimum absolute atomic E-state index is 0.0429. The third kappa shape index (κ3) is 6.97. The predicted octanol–water partition coefficient (Wildman–Crippen LogP) is 4.89. The van der Waals surface area contributed by atoms with Crippen molar-refractivity contribution in [2.24, 2.45) is 5.92 Å². The lowest BCUT2D eigenvalue weighted by molar-refractivity contribution is -0.143. The monoisotopic (exact) mass is 472 g/mol. The van der Waals surface area contributed by atoms with Crippen molar-refractivity contribution in [3.8, 4) is 5.75 Å². The third-order valence-electron chi connectivity index (χ3n) is 8.14. The summed E-state index contributed by atoms with van der Waals surface area (Å²) in [5.74, 6) is 0.756. The zero-order valence-electron chi connectivity index (χ0n) is 21.4. The standard InChI is InChI=1S/C28H44N2O4/c1-4-34-27(33)15-9-14-26(32)30(24-11-6-5-7-12-24)19-18-29-17-16-28(3,22(2)21-29)23-10-8-13-25(31)20-23/h8,10,13,20,22,24,31H,4-7,9,11-12,14-19,21H2,1-3H3/t22-,28-/m0/s1. The van der Waals surface area contributed by atoms with Crippen LogP contribution in [0.3, 0.4) is 0 Å². The molecule has 1 saturated carbocycles. The van der Waals surface area contributed by atoms with E-state index in [1.54, 1.807) is 6.07 Å². The van der Waals surface area contributed by atoms with Gasteiger partial charge in [-0.3, -0.25) is 9.59 Å². The number of hydrogen-bond donors (Lipinski definition) is 1. The summed E-state index contributed by atoms with van der Waals surface area (Å²) in [4.78, 5) is 29.5. The highest BCUT2D eigenvalue weighted by molar-refractivity contribution is 5.77. The van der Waals surface area contributed by atoms with Crippen molar-refractivity contribution in [2.75, 3.05) is 32.8 Å². The number of nitrogens with zero attached hydrogens (tertiary/aromatic N) is 2. The number of amides is 1. The van der Waals surface area contributed by atoms with Crippen molar-refractivity contribution in [2.45, 2.75) is 90.0 Å². The molecule has 2 atom stereocenters. The highest BCUT2D eigenvalue weighted by atomic mass is 16.5. The van der Waals surface area contributed by atoms with E-state index < -0.39 is 0 Å². The van der Waals surface area contributed by atoms with Gasteiger partial charge in [0.05, 0.1) is 6.61 Å². The fourth-order valence-corrected chi connectivity index (χ4v) is 5.72. The first kappa shape index (κ1) is 26.5. The zero-order chi connectivity index (χ0) is 24.6. The molecule has 1 saturated heterocycles. The SMILES string of the molecule is CCOC(=O)CCCC(=O)N(CCN1CC[C@](C)(c2cccc(O)c2)[C@@H](C)C1)C1CCCCC1. The van der Waals surface area contributed by atoms with E-state index in [0.29, 0.717) is 43.6 Å². The van der Waals surface area contributed by atoms with Crippen molar-refractivity contribution >= 4 is 11.9 Å². The van der Waals surface area contributed by atoms with Gasteiger partial charge >= 0.3 is 5.97 Å². The van der Waals surface area contributed by atoms with E-state index in [1.807, 2.05) is 19.1 Å². The van der Waals surface area contributed by atoms with Crippen molar-refractivity contribution in [3.05, 3.63) is 29.8 Å². The maximum absolute atomic E-state index is 13.2. The van der Waals surface area contributed by atoms with Crippen molar-refractivity contribution in [3.63, 3.8) is 0 Å². The van der Waals surface area contributed by atoms with E-state index in [2.05, 4.69) is 29.7 Å². The van der Waals surface area contributed by atoms with E-state index in [0.717, 1.165) is 45.4 Å². The van der Waals surface area contributed by atoms with E-state index >= 15 is 0 Å². The lowest BCUT2D eigenvalue weighted by atomic mass is 9.68. The van der Waals surface area contributed by atoms with Gasteiger partial charge in [-0.15, -0.1) is 0 Å². The van der Waals surface area contributed by atoms with Crippen molar-refractivity contribution in [1.82, 2.24) is 9.80 Å². The first-order chi connectivity index (χ1) is 16.3. The average molecular weight is 473 g/mol. The highest BCUT2D eigenvalue weighted by Crippen LogP contribution is 2.40. The van der Waals surface area contributed by atoms with Crippen LogP contribution in [0.5, 0.6) is 5.75 Å². The number of ether oxygens (including phenoxy) is 1. The summed E-state index contributed by atoms with van der Waals surface area (Å²) in [5, 5.41) is 9.96. The van der Waals surface area contributed by atoms with E-state index in [1.165, 1.54) is 24.8 Å². The van der Waals surface area contributed by atoms with E-state index in [4.69, 9.17) is 4.74 Å². The molecule has 0 aromatic heterocycles.